The van der Waals surface area contributed by atoms with Crippen molar-refractivity contribution in [1.82, 2.24) is 10.2 Å². The van der Waals surface area contributed by atoms with Crippen LogP contribution in [0, 0.1) is 5.82 Å². The molecule has 1 aromatic carbocycles. The van der Waals surface area contributed by atoms with Crippen molar-refractivity contribution in [2.24, 2.45) is 0 Å². The first-order chi connectivity index (χ1) is 7.63. The summed E-state index contributed by atoms with van der Waals surface area (Å²) in [6.45, 7) is 5.70. The third-order valence-corrected chi connectivity index (χ3v) is 2.80. The Bertz CT molecular complexity index is 355. The van der Waals surface area contributed by atoms with Gasteiger partial charge in [0, 0.05) is 38.3 Å². The molecule has 0 aliphatic carbocycles. The second-order valence-electron chi connectivity index (χ2n) is 4.41. The predicted molar refractivity (Wildman–Crippen MR) is 68.1 cm³/mol. The van der Waals surface area contributed by atoms with E-state index in [1.807, 2.05) is 0 Å². The van der Waals surface area contributed by atoms with Crippen molar-refractivity contribution in [1.29, 1.82) is 0 Å². The summed E-state index contributed by atoms with van der Waals surface area (Å²) < 4.78 is 13.1. The Morgan fingerprint density at radius 2 is 2.24 bits per heavy atom. The van der Waals surface area contributed by atoms with Gasteiger partial charge in [0.25, 0.3) is 0 Å². The Hall–Kier alpha value is -0.840. The van der Waals surface area contributed by atoms with E-state index >= 15 is 0 Å². The topological polar surface area (TPSA) is 35.5 Å². The largest absolute Gasteiger partial charge is 0.508 e. The lowest BCUT2D eigenvalue weighted by Gasteiger charge is -2.31. The highest BCUT2D eigenvalue weighted by atomic mass is 35.5. The van der Waals surface area contributed by atoms with E-state index in [9.17, 15) is 9.50 Å². The van der Waals surface area contributed by atoms with Crippen LogP contribution in [-0.4, -0.2) is 35.7 Å². The van der Waals surface area contributed by atoms with Gasteiger partial charge in [0.2, 0.25) is 0 Å². The quantitative estimate of drug-likeness (QED) is 0.851. The number of phenols is 1. The average Bonchev–Trinajstić information content (AvgIpc) is 2.15. The van der Waals surface area contributed by atoms with Crippen LogP contribution < -0.4 is 5.32 Å². The number of nitrogens with zero attached hydrogens (tertiary/aromatic N) is 1. The highest BCUT2D eigenvalue weighted by Gasteiger charge is 2.15. The molecular formula is C12H18ClFN2O. The van der Waals surface area contributed by atoms with Gasteiger partial charge in [-0.2, -0.15) is 0 Å². The molecule has 0 aromatic heterocycles. The van der Waals surface area contributed by atoms with Crippen LogP contribution in [0.1, 0.15) is 12.5 Å². The first-order valence-electron chi connectivity index (χ1n) is 5.57. The van der Waals surface area contributed by atoms with E-state index in [1.165, 1.54) is 6.07 Å². The Balaban J connectivity index is 0.00000144. The molecule has 1 saturated heterocycles. The number of aromatic hydroxyl groups is 1. The van der Waals surface area contributed by atoms with Crippen molar-refractivity contribution in [3.63, 3.8) is 0 Å². The summed E-state index contributed by atoms with van der Waals surface area (Å²) in [5.74, 6) is -0.378. The van der Waals surface area contributed by atoms with Gasteiger partial charge in [-0.25, -0.2) is 4.39 Å². The molecule has 1 aliphatic heterocycles. The van der Waals surface area contributed by atoms with Crippen LogP contribution in [0.15, 0.2) is 18.2 Å². The molecule has 0 spiro atoms. The first kappa shape index (κ1) is 14.2. The number of rotatable bonds is 2. The molecule has 1 heterocycles. The third-order valence-electron chi connectivity index (χ3n) is 2.80. The zero-order valence-electron chi connectivity index (χ0n) is 9.82. The maximum Gasteiger partial charge on any atom is 0.127 e. The van der Waals surface area contributed by atoms with Gasteiger partial charge in [0.05, 0.1) is 0 Å². The number of halogens is 2. The fourth-order valence-electron chi connectivity index (χ4n) is 2.14. The zero-order chi connectivity index (χ0) is 11.5. The van der Waals surface area contributed by atoms with Crippen LogP contribution in [0.5, 0.6) is 5.75 Å². The number of hydrogen-bond donors (Lipinski definition) is 2. The van der Waals surface area contributed by atoms with Crippen LogP contribution in [0.3, 0.4) is 0 Å². The zero-order valence-corrected chi connectivity index (χ0v) is 10.6. The van der Waals surface area contributed by atoms with E-state index in [-0.39, 0.29) is 24.0 Å². The van der Waals surface area contributed by atoms with Crippen molar-refractivity contribution >= 4 is 12.4 Å². The molecule has 1 aliphatic rings. The molecule has 2 N–H and O–H groups in total. The third kappa shape index (κ3) is 4.15. The highest BCUT2D eigenvalue weighted by molar-refractivity contribution is 5.85. The lowest BCUT2D eigenvalue weighted by Crippen LogP contribution is -2.48. The number of phenolic OH excluding ortho intramolecular Hbond substituents is 1. The van der Waals surface area contributed by atoms with Gasteiger partial charge < -0.3 is 10.4 Å². The summed E-state index contributed by atoms with van der Waals surface area (Å²) in [7, 11) is 0. The van der Waals surface area contributed by atoms with Crippen molar-refractivity contribution in [2.75, 3.05) is 19.6 Å². The molecule has 1 fully saturated rings. The number of piperazine rings is 1. The van der Waals surface area contributed by atoms with Crippen LogP contribution in [0.25, 0.3) is 0 Å². The standard InChI is InChI=1S/C12H17FN2O.ClH/c1-9-7-15(3-2-14-9)8-10-4-11(13)6-12(16)5-10;/h4-6,9,14,16H,2-3,7-8H2,1H3;1H. The monoisotopic (exact) mass is 260 g/mol. The summed E-state index contributed by atoms with van der Waals surface area (Å²) in [5, 5.41) is 12.7. The molecule has 1 aromatic rings. The van der Waals surface area contributed by atoms with Crippen LogP contribution in [0.2, 0.25) is 0 Å². The van der Waals surface area contributed by atoms with Crippen molar-refractivity contribution in [3.05, 3.63) is 29.6 Å². The number of hydrogen-bond acceptors (Lipinski definition) is 3. The summed E-state index contributed by atoms with van der Waals surface area (Å²) in [5.41, 5.74) is 0.826. The van der Waals surface area contributed by atoms with E-state index in [1.54, 1.807) is 6.07 Å². The van der Waals surface area contributed by atoms with Crippen LogP contribution in [-0.2, 0) is 6.54 Å². The number of benzene rings is 1. The van der Waals surface area contributed by atoms with Crippen LogP contribution in [0.4, 0.5) is 4.39 Å². The summed E-state index contributed by atoms with van der Waals surface area (Å²) in [6, 6.07) is 4.70. The molecule has 1 atom stereocenters. The normalized spacial score (nSPS) is 20.9. The van der Waals surface area contributed by atoms with E-state index in [4.69, 9.17) is 0 Å². The minimum Gasteiger partial charge on any atom is -0.508 e. The maximum atomic E-state index is 13.1. The van der Waals surface area contributed by atoms with E-state index in [0.29, 0.717) is 12.6 Å². The lowest BCUT2D eigenvalue weighted by molar-refractivity contribution is 0.199. The second kappa shape index (κ2) is 6.19. The predicted octanol–water partition coefficient (Wildman–Crippen LogP) is 1.75. The van der Waals surface area contributed by atoms with E-state index in [2.05, 4.69) is 17.1 Å². The van der Waals surface area contributed by atoms with Gasteiger partial charge in [-0.1, -0.05) is 0 Å². The van der Waals surface area contributed by atoms with E-state index in [0.717, 1.165) is 31.3 Å². The first-order valence-corrected chi connectivity index (χ1v) is 5.57. The Morgan fingerprint density at radius 1 is 1.47 bits per heavy atom. The summed E-state index contributed by atoms with van der Waals surface area (Å²) >= 11 is 0. The molecule has 0 radical (unpaired) electrons. The lowest BCUT2D eigenvalue weighted by atomic mass is 10.1. The van der Waals surface area contributed by atoms with Crippen molar-refractivity contribution in [3.8, 4) is 5.75 Å². The fraction of sp³-hybridized carbons (Fsp3) is 0.500. The number of nitrogens with one attached hydrogen (secondary N) is 1. The molecule has 5 heteroatoms. The molecule has 0 bridgehead atoms. The molecule has 0 saturated carbocycles. The SMILES string of the molecule is CC1CN(Cc2cc(O)cc(F)c2)CCN1.Cl. The van der Waals surface area contributed by atoms with Crippen LogP contribution >= 0.6 is 12.4 Å². The second-order valence-corrected chi connectivity index (χ2v) is 4.41. The van der Waals surface area contributed by atoms with Gasteiger partial charge in [0.15, 0.2) is 0 Å². The van der Waals surface area contributed by atoms with Gasteiger partial charge in [-0.15, -0.1) is 12.4 Å². The average molecular weight is 261 g/mol. The highest BCUT2D eigenvalue weighted by Crippen LogP contribution is 2.16. The summed E-state index contributed by atoms with van der Waals surface area (Å²) in [6.07, 6.45) is 0. The van der Waals surface area contributed by atoms with Gasteiger partial charge in [0.1, 0.15) is 11.6 Å². The maximum absolute atomic E-state index is 13.1. The summed E-state index contributed by atoms with van der Waals surface area (Å²) in [4.78, 5) is 2.26. The molecule has 3 nitrogen and oxygen atoms in total. The molecule has 1 unspecified atom stereocenters. The Labute approximate surface area is 107 Å². The fourth-order valence-corrected chi connectivity index (χ4v) is 2.14. The molecular weight excluding hydrogens is 243 g/mol. The Morgan fingerprint density at radius 3 is 2.88 bits per heavy atom. The van der Waals surface area contributed by atoms with Crippen molar-refractivity contribution in [2.45, 2.75) is 19.5 Å². The Kier molecular flexibility index (Phi) is 5.18. The minimum atomic E-state index is -0.377. The smallest absolute Gasteiger partial charge is 0.127 e. The molecule has 96 valence electrons. The van der Waals surface area contributed by atoms with Gasteiger partial charge in [-0.3, -0.25) is 4.90 Å². The molecule has 17 heavy (non-hydrogen) atoms. The van der Waals surface area contributed by atoms with E-state index < -0.39 is 0 Å². The van der Waals surface area contributed by atoms with Gasteiger partial charge in [-0.05, 0) is 24.6 Å². The molecule has 2 rings (SSSR count). The minimum absolute atomic E-state index is 0. The molecule has 0 amide bonds. The van der Waals surface area contributed by atoms with Gasteiger partial charge >= 0.3 is 0 Å². The van der Waals surface area contributed by atoms with Crippen molar-refractivity contribution < 1.29 is 9.50 Å².